The molecule has 5 nitrogen and oxygen atoms in total. The van der Waals surface area contributed by atoms with Crippen LogP contribution in [0.15, 0.2) is 74.8 Å². The normalized spacial score (nSPS) is 11.8. The number of hydrogen-bond acceptors (Lipinski definition) is 4. The predicted molar refractivity (Wildman–Crippen MR) is 107 cm³/mol. The highest BCUT2D eigenvalue weighted by molar-refractivity contribution is 7.92. The van der Waals surface area contributed by atoms with Crippen molar-refractivity contribution < 1.29 is 12.8 Å². The Kier molecular flexibility index (Phi) is 4.17. The van der Waals surface area contributed by atoms with E-state index in [0.717, 1.165) is 0 Å². The Morgan fingerprint density at radius 3 is 2.44 bits per heavy atom. The van der Waals surface area contributed by atoms with Crippen molar-refractivity contribution in [2.75, 3.05) is 4.72 Å². The molecule has 4 rings (SSSR count). The van der Waals surface area contributed by atoms with Crippen molar-refractivity contribution in [3.63, 3.8) is 0 Å². The highest BCUT2D eigenvalue weighted by Gasteiger charge is 2.20. The van der Waals surface area contributed by atoms with E-state index in [4.69, 9.17) is 16.0 Å². The average molecular weight is 400 g/mol. The summed E-state index contributed by atoms with van der Waals surface area (Å²) in [6.07, 6.45) is 0. The largest absolute Gasteiger partial charge is 0.454 e. The summed E-state index contributed by atoms with van der Waals surface area (Å²) < 4.78 is 34.1. The van der Waals surface area contributed by atoms with Crippen LogP contribution in [0.3, 0.4) is 0 Å². The molecule has 0 fully saturated rings. The Hall–Kier alpha value is -2.83. The Labute approximate surface area is 160 Å². The fourth-order valence-electron chi connectivity index (χ4n) is 2.98. The van der Waals surface area contributed by atoms with Crippen LogP contribution in [0, 0.1) is 6.92 Å². The lowest BCUT2D eigenvalue weighted by Gasteiger charge is -2.12. The molecule has 27 heavy (non-hydrogen) atoms. The molecule has 0 aliphatic carbocycles. The molecule has 0 saturated carbocycles. The molecule has 1 heterocycles. The van der Waals surface area contributed by atoms with E-state index >= 15 is 0 Å². The third kappa shape index (κ3) is 2.97. The minimum atomic E-state index is -3.92. The first-order valence-corrected chi connectivity index (χ1v) is 9.97. The van der Waals surface area contributed by atoms with Gasteiger partial charge in [-0.25, -0.2) is 8.42 Å². The molecule has 1 N–H and O–H groups in total. The van der Waals surface area contributed by atoms with E-state index in [1.165, 1.54) is 6.07 Å². The minimum Gasteiger partial charge on any atom is -0.454 e. The zero-order chi connectivity index (χ0) is 19.2. The molecule has 1 aromatic heterocycles. The lowest BCUT2D eigenvalue weighted by Crippen LogP contribution is -2.15. The van der Waals surface area contributed by atoms with Crippen LogP contribution in [0.5, 0.6) is 0 Å². The minimum absolute atomic E-state index is 0.0649. The second-order valence-corrected chi connectivity index (χ2v) is 8.14. The number of sulfonamides is 1. The van der Waals surface area contributed by atoms with Gasteiger partial charge in [0.05, 0.1) is 21.4 Å². The predicted octanol–water partition coefficient (Wildman–Crippen LogP) is 4.71. The Bertz CT molecular complexity index is 1360. The molecule has 3 aromatic carbocycles. The van der Waals surface area contributed by atoms with Crippen LogP contribution in [0.2, 0.25) is 5.02 Å². The molecule has 4 aromatic rings. The third-order valence-corrected chi connectivity index (χ3v) is 6.27. The molecule has 0 aliphatic heterocycles. The van der Waals surface area contributed by atoms with Crippen molar-refractivity contribution in [3.05, 3.63) is 81.5 Å². The summed E-state index contributed by atoms with van der Waals surface area (Å²) in [4.78, 5) is 12.8. The maximum atomic E-state index is 12.9. The van der Waals surface area contributed by atoms with E-state index in [2.05, 4.69) is 4.72 Å². The molecule has 0 aliphatic rings. The third-order valence-electron chi connectivity index (χ3n) is 4.36. The van der Waals surface area contributed by atoms with Crippen LogP contribution >= 0.6 is 11.6 Å². The molecule has 0 saturated heterocycles. The van der Waals surface area contributed by atoms with Gasteiger partial charge in [-0.15, -0.1) is 0 Å². The summed E-state index contributed by atoms with van der Waals surface area (Å²) in [5.74, 6) is 0. The van der Waals surface area contributed by atoms with Gasteiger partial charge in [-0.05, 0) is 48.9 Å². The zero-order valence-electron chi connectivity index (χ0n) is 14.2. The number of benzene rings is 3. The fraction of sp³-hybridized carbons (Fsp3) is 0.0500. The van der Waals surface area contributed by atoms with Gasteiger partial charge in [-0.3, -0.25) is 9.52 Å². The van der Waals surface area contributed by atoms with Gasteiger partial charge in [-0.2, -0.15) is 0 Å². The molecule has 0 unspecified atom stereocenters. The number of hydrogen-bond donors (Lipinski definition) is 1. The van der Waals surface area contributed by atoms with E-state index < -0.39 is 10.0 Å². The summed E-state index contributed by atoms with van der Waals surface area (Å²) in [6, 6.07) is 16.3. The second kappa shape index (κ2) is 6.40. The summed E-state index contributed by atoms with van der Waals surface area (Å²) in [7, 11) is -3.92. The Morgan fingerprint density at radius 2 is 1.63 bits per heavy atom. The molecule has 7 heteroatoms. The SMILES string of the molecule is Cc1c(Cl)cccc1S(=O)(=O)Nc1cccc2c(=O)c3ccccc3oc12. The zero-order valence-corrected chi connectivity index (χ0v) is 15.8. The van der Waals surface area contributed by atoms with Gasteiger partial charge >= 0.3 is 0 Å². The van der Waals surface area contributed by atoms with Crippen LogP contribution in [0.4, 0.5) is 5.69 Å². The van der Waals surface area contributed by atoms with Gasteiger partial charge in [-0.1, -0.05) is 35.9 Å². The van der Waals surface area contributed by atoms with E-state index in [-0.39, 0.29) is 21.6 Å². The summed E-state index contributed by atoms with van der Waals surface area (Å²) in [5.41, 5.74) is 0.991. The molecule has 136 valence electrons. The Balaban J connectivity index is 1.92. The first-order valence-electron chi connectivity index (χ1n) is 8.11. The number of fused-ring (bicyclic) bond motifs is 2. The van der Waals surface area contributed by atoms with Crippen molar-refractivity contribution in [3.8, 4) is 0 Å². The molecule has 0 atom stereocenters. The quantitative estimate of drug-likeness (QED) is 0.506. The molecule has 0 radical (unpaired) electrons. The van der Waals surface area contributed by atoms with Gasteiger partial charge in [0.1, 0.15) is 5.58 Å². The number of rotatable bonds is 3. The van der Waals surface area contributed by atoms with Crippen molar-refractivity contribution in [2.45, 2.75) is 11.8 Å². The lowest BCUT2D eigenvalue weighted by molar-refractivity contribution is 0.600. The van der Waals surface area contributed by atoms with Gasteiger partial charge in [0.15, 0.2) is 5.58 Å². The molecule has 0 bridgehead atoms. The lowest BCUT2D eigenvalue weighted by atomic mass is 10.1. The van der Waals surface area contributed by atoms with Crippen LogP contribution in [0.1, 0.15) is 5.56 Å². The van der Waals surface area contributed by atoms with Crippen LogP contribution in [-0.4, -0.2) is 8.42 Å². The van der Waals surface area contributed by atoms with Crippen LogP contribution < -0.4 is 10.2 Å². The highest BCUT2D eigenvalue weighted by atomic mass is 35.5. The topological polar surface area (TPSA) is 76.4 Å². The van der Waals surface area contributed by atoms with Gasteiger partial charge in [0.2, 0.25) is 5.43 Å². The maximum Gasteiger partial charge on any atom is 0.262 e. The molecule has 0 spiro atoms. The van der Waals surface area contributed by atoms with Gasteiger partial charge in [0.25, 0.3) is 10.0 Å². The standard InChI is InChI=1S/C20H14ClNO4S/c1-12-15(21)8-5-11-18(12)27(24,25)22-16-9-4-7-14-19(23)13-6-2-3-10-17(13)26-20(14)16/h2-11,22H,1H3. The number of anilines is 1. The van der Waals surface area contributed by atoms with Crippen molar-refractivity contribution in [1.29, 1.82) is 0 Å². The monoisotopic (exact) mass is 399 g/mol. The summed E-state index contributed by atoms with van der Waals surface area (Å²) in [6.45, 7) is 1.63. The maximum absolute atomic E-state index is 12.9. The van der Waals surface area contributed by atoms with Gasteiger partial charge in [0, 0.05) is 5.02 Å². The summed E-state index contributed by atoms with van der Waals surface area (Å²) in [5, 5.41) is 1.10. The van der Waals surface area contributed by atoms with E-state index in [1.807, 2.05) is 0 Å². The second-order valence-electron chi connectivity index (χ2n) is 6.08. The van der Waals surface area contributed by atoms with Crippen LogP contribution in [0.25, 0.3) is 21.9 Å². The number of halogens is 1. The Morgan fingerprint density at radius 1 is 0.926 bits per heavy atom. The fourth-order valence-corrected chi connectivity index (χ4v) is 4.54. The molecular formula is C20H14ClNO4S. The average Bonchev–Trinajstić information content (AvgIpc) is 2.64. The molecule has 0 amide bonds. The summed E-state index contributed by atoms with van der Waals surface area (Å²) >= 11 is 6.05. The van der Waals surface area contributed by atoms with Gasteiger partial charge < -0.3 is 4.42 Å². The van der Waals surface area contributed by atoms with E-state index in [9.17, 15) is 13.2 Å². The van der Waals surface area contributed by atoms with Crippen molar-refractivity contribution in [1.82, 2.24) is 0 Å². The smallest absolute Gasteiger partial charge is 0.262 e. The van der Waals surface area contributed by atoms with Crippen molar-refractivity contribution >= 4 is 49.3 Å². The highest BCUT2D eigenvalue weighted by Crippen LogP contribution is 2.29. The van der Waals surface area contributed by atoms with Crippen molar-refractivity contribution in [2.24, 2.45) is 0 Å². The van der Waals surface area contributed by atoms with E-state index in [0.29, 0.717) is 26.9 Å². The number of nitrogens with one attached hydrogen (secondary N) is 1. The van der Waals surface area contributed by atoms with E-state index in [1.54, 1.807) is 61.5 Å². The first kappa shape index (κ1) is 17.6. The number of para-hydroxylation sites is 2. The van der Waals surface area contributed by atoms with Crippen LogP contribution in [-0.2, 0) is 10.0 Å². The first-order chi connectivity index (χ1) is 12.9. The molecular weight excluding hydrogens is 386 g/mol.